The fraction of sp³-hybridized carbons (Fsp3) is 0.542. The maximum atomic E-state index is 13.3. The van der Waals surface area contributed by atoms with E-state index in [1.807, 2.05) is 23.1 Å². The van der Waals surface area contributed by atoms with Crippen molar-refractivity contribution < 1.29 is 19.6 Å². The maximum absolute atomic E-state index is 13.3. The number of amides is 3. The van der Waals surface area contributed by atoms with E-state index in [-0.39, 0.29) is 17.7 Å². The lowest BCUT2D eigenvalue weighted by molar-refractivity contribution is -0.150. The zero-order valence-electron chi connectivity index (χ0n) is 17.8. The van der Waals surface area contributed by atoms with E-state index in [0.717, 1.165) is 32.4 Å². The van der Waals surface area contributed by atoms with Crippen molar-refractivity contribution in [3.63, 3.8) is 0 Å². The van der Waals surface area contributed by atoms with Crippen LogP contribution in [0.25, 0.3) is 5.57 Å². The van der Waals surface area contributed by atoms with Crippen LogP contribution in [0.3, 0.4) is 0 Å². The van der Waals surface area contributed by atoms with E-state index in [4.69, 9.17) is 0 Å². The SMILES string of the molecule is O=C(NO)C1CC(C(=O)N2CCCC2)CCC1C(=O)N1CC=C(c2ccccc2)CC1. The van der Waals surface area contributed by atoms with Crippen LogP contribution in [0.15, 0.2) is 36.4 Å². The van der Waals surface area contributed by atoms with E-state index < -0.39 is 17.7 Å². The van der Waals surface area contributed by atoms with Crippen LogP contribution in [0.2, 0.25) is 0 Å². The van der Waals surface area contributed by atoms with Crippen LogP contribution in [-0.4, -0.2) is 58.9 Å². The Kier molecular flexibility index (Phi) is 6.70. The normalized spacial score (nSPS) is 26.4. The highest BCUT2D eigenvalue weighted by Crippen LogP contribution is 2.37. The topological polar surface area (TPSA) is 90.0 Å². The quantitative estimate of drug-likeness (QED) is 0.573. The Hall–Kier alpha value is -2.67. The molecule has 3 atom stereocenters. The Morgan fingerprint density at radius 3 is 2.29 bits per heavy atom. The van der Waals surface area contributed by atoms with Crippen LogP contribution in [0.1, 0.15) is 44.1 Å². The second-order valence-electron chi connectivity index (χ2n) is 8.86. The fourth-order valence-corrected chi connectivity index (χ4v) is 5.28. The van der Waals surface area contributed by atoms with Gasteiger partial charge in [-0.1, -0.05) is 36.4 Å². The largest absolute Gasteiger partial charge is 0.342 e. The number of nitrogens with one attached hydrogen (secondary N) is 1. The van der Waals surface area contributed by atoms with Gasteiger partial charge in [0.2, 0.25) is 17.7 Å². The van der Waals surface area contributed by atoms with E-state index in [9.17, 15) is 19.6 Å². The number of likely N-dealkylation sites (tertiary alicyclic amines) is 1. The summed E-state index contributed by atoms with van der Waals surface area (Å²) >= 11 is 0. The number of benzene rings is 1. The summed E-state index contributed by atoms with van der Waals surface area (Å²) in [4.78, 5) is 42.2. The zero-order chi connectivity index (χ0) is 21.8. The molecule has 3 unspecified atom stereocenters. The second-order valence-corrected chi connectivity index (χ2v) is 8.86. The third kappa shape index (κ3) is 4.66. The van der Waals surface area contributed by atoms with E-state index in [2.05, 4.69) is 18.2 Å². The van der Waals surface area contributed by atoms with Gasteiger partial charge in [-0.05, 0) is 49.7 Å². The molecule has 166 valence electrons. The predicted octanol–water partition coefficient (Wildman–Crippen LogP) is 2.46. The zero-order valence-corrected chi connectivity index (χ0v) is 17.8. The lowest BCUT2D eigenvalue weighted by Crippen LogP contribution is -2.49. The summed E-state index contributed by atoms with van der Waals surface area (Å²) in [7, 11) is 0. The minimum absolute atomic E-state index is 0.0518. The van der Waals surface area contributed by atoms with Crippen molar-refractivity contribution >= 4 is 23.3 Å². The van der Waals surface area contributed by atoms with E-state index in [1.54, 1.807) is 10.4 Å². The number of rotatable bonds is 4. The van der Waals surface area contributed by atoms with Gasteiger partial charge in [-0.15, -0.1) is 0 Å². The van der Waals surface area contributed by atoms with Gasteiger partial charge in [-0.3, -0.25) is 19.6 Å². The lowest BCUT2D eigenvalue weighted by Gasteiger charge is -2.38. The van der Waals surface area contributed by atoms with Gasteiger partial charge in [0.05, 0.1) is 5.92 Å². The monoisotopic (exact) mass is 425 g/mol. The molecule has 1 saturated heterocycles. The van der Waals surface area contributed by atoms with Gasteiger partial charge in [0, 0.05) is 38.0 Å². The van der Waals surface area contributed by atoms with Crippen LogP contribution in [0, 0.1) is 17.8 Å². The molecule has 31 heavy (non-hydrogen) atoms. The van der Waals surface area contributed by atoms with Crippen molar-refractivity contribution in [2.45, 2.75) is 38.5 Å². The van der Waals surface area contributed by atoms with Gasteiger partial charge in [-0.2, -0.15) is 0 Å². The Bertz CT molecular complexity index is 848. The minimum atomic E-state index is -0.678. The summed E-state index contributed by atoms with van der Waals surface area (Å²) in [5.41, 5.74) is 4.14. The van der Waals surface area contributed by atoms with Crippen molar-refractivity contribution in [1.82, 2.24) is 15.3 Å². The molecule has 0 spiro atoms. The van der Waals surface area contributed by atoms with Crippen LogP contribution in [0.4, 0.5) is 0 Å². The summed E-state index contributed by atoms with van der Waals surface area (Å²) < 4.78 is 0. The first-order valence-electron chi connectivity index (χ1n) is 11.3. The molecule has 1 aliphatic carbocycles. The number of hydrogen-bond acceptors (Lipinski definition) is 4. The number of carbonyl (C=O) groups is 3. The molecule has 2 aliphatic heterocycles. The van der Waals surface area contributed by atoms with Crippen molar-refractivity contribution in [2.75, 3.05) is 26.2 Å². The van der Waals surface area contributed by atoms with Gasteiger partial charge < -0.3 is 9.80 Å². The highest BCUT2D eigenvalue weighted by molar-refractivity contribution is 5.89. The number of hydrogen-bond donors (Lipinski definition) is 2. The summed E-state index contributed by atoms with van der Waals surface area (Å²) in [6.07, 6.45) is 6.32. The van der Waals surface area contributed by atoms with E-state index in [1.165, 1.54) is 11.1 Å². The molecule has 2 heterocycles. The van der Waals surface area contributed by atoms with Crippen LogP contribution in [0.5, 0.6) is 0 Å². The molecule has 3 aliphatic rings. The summed E-state index contributed by atoms with van der Waals surface area (Å²) in [6.45, 7) is 2.68. The van der Waals surface area contributed by atoms with Gasteiger partial charge in [0.15, 0.2) is 0 Å². The Morgan fingerprint density at radius 1 is 0.903 bits per heavy atom. The maximum Gasteiger partial charge on any atom is 0.247 e. The van der Waals surface area contributed by atoms with Crippen molar-refractivity contribution in [1.29, 1.82) is 0 Å². The van der Waals surface area contributed by atoms with Gasteiger partial charge in [0.1, 0.15) is 0 Å². The second kappa shape index (κ2) is 9.64. The Labute approximate surface area is 183 Å². The van der Waals surface area contributed by atoms with Gasteiger partial charge in [-0.25, -0.2) is 5.48 Å². The summed E-state index contributed by atoms with van der Waals surface area (Å²) in [5.74, 6) is -1.95. The molecule has 2 fully saturated rings. The minimum Gasteiger partial charge on any atom is -0.342 e. The first kappa shape index (κ1) is 21.6. The molecular weight excluding hydrogens is 394 g/mol. The molecule has 0 radical (unpaired) electrons. The fourth-order valence-electron chi connectivity index (χ4n) is 5.28. The summed E-state index contributed by atoms with van der Waals surface area (Å²) in [5, 5.41) is 9.26. The average molecular weight is 426 g/mol. The molecule has 0 bridgehead atoms. The predicted molar refractivity (Wildman–Crippen MR) is 116 cm³/mol. The number of nitrogens with zero attached hydrogens (tertiary/aromatic N) is 2. The highest BCUT2D eigenvalue weighted by Gasteiger charge is 2.43. The third-order valence-corrected chi connectivity index (χ3v) is 7.05. The first-order chi connectivity index (χ1) is 15.1. The molecule has 3 amide bonds. The van der Waals surface area contributed by atoms with Crippen molar-refractivity contribution in [3.05, 3.63) is 42.0 Å². The van der Waals surface area contributed by atoms with E-state index in [0.29, 0.717) is 32.4 Å². The van der Waals surface area contributed by atoms with Gasteiger partial charge in [0.25, 0.3) is 0 Å². The molecule has 7 nitrogen and oxygen atoms in total. The Balaban J connectivity index is 1.43. The summed E-state index contributed by atoms with van der Waals surface area (Å²) in [6, 6.07) is 10.1. The molecule has 1 aromatic rings. The standard InChI is InChI=1S/C24H31N3O4/c28-22(25-31)21-16-19(23(29)26-12-4-5-13-26)8-9-20(21)24(30)27-14-10-18(11-15-27)17-6-2-1-3-7-17/h1-3,6-7,10,19-21,31H,4-5,8-9,11-16H2,(H,25,28). The molecule has 1 aromatic carbocycles. The Morgan fingerprint density at radius 2 is 1.65 bits per heavy atom. The lowest BCUT2D eigenvalue weighted by atomic mass is 9.72. The molecule has 0 aromatic heterocycles. The molecule has 1 saturated carbocycles. The van der Waals surface area contributed by atoms with Gasteiger partial charge >= 0.3 is 0 Å². The smallest absolute Gasteiger partial charge is 0.247 e. The average Bonchev–Trinajstić information content (AvgIpc) is 3.38. The van der Waals surface area contributed by atoms with Crippen LogP contribution in [-0.2, 0) is 14.4 Å². The molecule has 7 heteroatoms. The first-order valence-corrected chi connectivity index (χ1v) is 11.3. The number of carbonyl (C=O) groups excluding carboxylic acids is 3. The van der Waals surface area contributed by atoms with Crippen LogP contribution >= 0.6 is 0 Å². The molecule has 4 rings (SSSR count). The van der Waals surface area contributed by atoms with Crippen molar-refractivity contribution in [2.24, 2.45) is 17.8 Å². The van der Waals surface area contributed by atoms with E-state index >= 15 is 0 Å². The highest BCUT2D eigenvalue weighted by atomic mass is 16.5. The third-order valence-electron chi connectivity index (χ3n) is 7.05. The number of hydroxylamine groups is 1. The molecular formula is C24H31N3O4. The molecule has 2 N–H and O–H groups in total. The van der Waals surface area contributed by atoms with Crippen LogP contribution < -0.4 is 5.48 Å². The van der Waals surface area contributed by atoms with Crippen molar-refractivity contribution in [3.8, 4) is 0 Å².